The van der Waals surface area contributed by atoms with Gasteiger partial charge in [0.15, 0.2) is 0 Å². The van der Waals surface area contributed by atoms with Gasteiger partial charge in [-0.3, -0.25) is 14.9 Å². The van der Waals surface area contributed by atoms with Gasteiger partial charge in [0, 0.05) is 37.3 Å². The van der Waals surface area contributed by atoms with Crippen LogP contribution in [0.1, 0.15) is 31.2 Å². The summed E-state index contributed by atoms with van der Waals surface area (Å²) < 4.78 is 0. The molecule has 1 saturated heterocycles. The van der Waals surface area contributed by atoms with Crippen molar-refractivity contribution in [3.8, 4) is 0 Å². The summed E-state index contributed by atoms with van der Waals surface area (Å²) in [5.41, 5.74) is 2.88. The Morgan fingerprint density at radius 2 is 2.12 bits per heavy atom. The highest BCUT2D eigenvalue weighted by molar-refractivity contribution is 5.87. The van der Waals surface area contributed by atoms with Gasteiger partial charge in [0.1, 0.15) is 12.2 Å². The van der Waals surface area contributed by atoms with Crippen LogP contribution in [0.25, 0.3) is 5.70 Å². The van der Waals surface area contributed by atoms with Crippen molar-refractivity contribution in [1.82, 2.24) is 14.9 Å². The number of hydrogen-bond donors (Lipinski definition) is 3. The predicted molar refractivity (Wildman–Crippen MR) is 99.3 cm³/mol. The summed E-state index contributed by atoms with van der Waals surface area (Å²) in [6, 6.07) is 1.99. The van der Waals surface area contributed by atoms with E-state index in [1.54, 1.807) is 11.3 Å². The molecular formula is C18H26N6O. The number of H-pyrrole nitrogens is 1. The first-order chi connectivity index (χ1) is 12.2. The number of nitrogens with zero attached hydrogens (tertiary/aromatic N) is 4. The number of allylic oxidation sites excluding steroid dienone is 1. The largest absolute Gasteiger partial charge is 0.390 e. The molecule has 2 fully saturated rings. The van der Waals surface area contributed by atoms with E-state index in [9.17, 15) is 5.11 Å². The lowest BCUT2D eigenvalue weighted by molar-refractivity contribution is -0.0103. The number of hydrazine groups is 1. The molecule has 25 heavy (non-hydrogen) atoms. The number of fused-ring (bicyclic) bond motifs is 1. The summed E-state index contributed by atoms with van der Waals surface area (Å²) >= 11 is 0. The van der Waals surface area contributed by atoms with Crippen molar-refractivity contribution in [3.05, 3.63) is 23.5 Å². The van der Waals surface area contributed by atoms with Crippen LogP contribution in [-0.2, 0) is 0 Å². The Hall–Kier alpha value is -1.96. The van der Waals surface area contributed by atoms with Gasteiger partial charge in [0.25, 0.3) is 0 Å². The van der Waals surface area contributed by atoms with E-state index in [1.807, 2.05) is 12.3 Å². The Morgan fingerprint density at radius 1 is 1.36 bits per heavy atom. The molecule has 2 aliphatic heterocycles. The third-order valence-electron chi connectivity index (χ3n) is 5.65. The number of hydrogen-bond acceptors (Lipinski definition) is 6. The summed E-state index contributed by atoms with van der Waals surface area (Å²) in [4.78, 5) is 14.2. The predicted octanol–water partition coefficient (Wildman–Crippen LogP) is 1.72. The Balaban J connectivity index is 1.47. The lowest BCUT2D eigenvalue weighted by atomic mass is 9.79. The summed E-state index contributed by atoms with van der Waals surface area (Å²) in [5, 5.41) is 11.0. The first-order valence-electron chi connectivity index (χ1n) is 9.03. The third-order valence-corrected chi connectivity index (χ3v) is 5.65. The molecule has 3 heterocycles. The van der Waals surface area contributed by atoms with Crippen LogP contribution in [0.15, 0.2) is 27.9 Å². The first kappa shape index (κ1) is 16.5. The standard InChI is InChI=1S/C18H26N6O/c1-20-16(17-15-6-7-21-18(15)22-11-24(17)19)13-4-2-12(3-5-13)8-23-9-14(25)10-23/h6-7,11-14,21,25H,1-5,8-10,19H2/b17-16-. The highest BCUT2D eigenvalue weighted by Gasteiger charge is 2.32. The summed E-state index contributed by atoms with van der Waals surface area (Å²) in [5.74, 6) is 8.08. The minimum atomic E-state index is -0.114. The minimum absolute atomic E-state index is 0.114. The molecule has 3 aliphatic rings. The highest BCUT2D eigenvalue weighted by Crippen LogP contribution is 2.40. The Bertz CT molecular complexity index is 694. The topological polar surface area (TPSA) is 93.2 Å². The van der Waals surface area contributed by atoms with Crippen molar-refractivity contribution in [3.63, 3.8) is 0 Å². The second-order valence-corrected chi connectivity index (χ2v) is 7.37. The van der Waals surface area contributed by atoms with Crippen LogP contribution in [0, 0.1) is 11.8 Å². The van der Waals surface area contributed by atoms with Crippen molar-refractivity contribution in [2.45, 2.75) is 31.8 Å². The Morgan fingerprint density at radius 3 is 2.80 bits per heavy atom. The van der Waals surface area contributed by atoms with E-state index >= 15 is 0 Å². The maximum atomic E-state index is 9.43. The molecule has 4 N–H and O–H groups in total. The average molecular weight is 342 g/mol. The van der Waals surface area contributed by atoms with E-state index in [4.69, 9.17) is 5.84 Å². The second kappa shape index (κ2) is 6.74. The summed E-state index contributed by atoms with van der Waals surface area (Å²) in [6.07, 6.45) is 7.95. The zero-order valence-electron chi connectivity index (χ0n) is 14.4. The van der Waals surface area contributed by atoms with Crippen LogP contribution in [0.4, 0.5) is 5.82 Å². The number of aliphatic imine (C=N–C) groups is 2. The fourth-order valence-corrected chi connectivity index (χ4v) is 4.32. The van der Waals surface area contributed by atoms with E-state index in [1.165, 1.54) is 12.8 Å². The zero-order valence-corrected chi connectivity index (χ0v) is 14.4. The molecule has 7 heteroatoms. The van der Waals surface area contributed by atoms with Crippen molar-refractivity contribution >= 4 is 24.6 Å². The number of aliphatic hydroxyl groups excluding tert-OH is 1. The van der Waals surface area contributed by atoms with E-state index < -0.39 is 0 Å². The zero-order chi connectivity index (χ0) is 17.4. The number of rotatable bonds is 4. The van der Waals surface area contributed by atoms with Crippen molar-refractivity contribution in [2.75, 3.05) is 19.6 Å². The van der Waals surface area contributed by atoms with Gasteiger partial charge in [-0.15, -0.1) is 0 Å². The van der Waals surface area contributed by atoms with Gasteiger partial charge >= 0.3 is 0 Å². The van der Waals surface area contributed by atoms with Crippen LogP contribution in [0.5, 0.6) is 0 Å². The summed E-state index contributed by atoms with van der Waals surface area (Å²) in [6.45, 7) is 6.60. The third kappa shape index (κ3) is 3.15. The van der Waals surface area contributed by atoms with E-state index in [2.05, 4.69) is 26.6 Å². The SMILES string of the molecule is C=N/C(=C1/c2cc[nH]c2N=CN1N)C1CCC(CN2CC(O)C2)CC1. The van der Waals surface area contributed by atoms with E-state index in [-0.39, 0.29) is 6.10 Å². The summed E-state index contributed by atoms with van der Waals surface area (Å²) in [7, 11) is 0. The van der Waals surface area contributed by atoms with Crippen LogP contribution >= 0.6 is 0 Å². The molecule has 0 aromatic carbocycles. The first-order valence-corrected chi connectivity index (χ1v) is 9.03. The highest BCUT2D eigenvalue weighted by atomic mass is 16.3. The van der Waals surface area contributed by atoms with Crippen LogP contribution < -0.4 is 5.84 Å². The molecule has 7 nitrogen and oxygen atoms in total. The molecule has 1 saturated carbocycles. The molecule has 0 bridgehead atoms. The maximum Gasteiger partial charge on any atom is 0.141 e. The smallest absolute Gasteiger partial charge is 0.141 e. The van der Waals surface area contributed by atoms with Gasteiger partial charge in [-0.05, 0) is 44.4 Å². The molecule has 1 aromatic rings. The molecule has 1 aliphatic carbocycles. The van der Waals surface area contributed by atoms with Gasteiger partial charge in [0.05, 0.1) is 17.5 Å². The monoisotopic (exact) mass is 342 g/mol. The van der Waals surface area contributed by atoms with Gasteiger partial charge in [0.2, 0.25) is 0 Å². The lowest BCUT2D eigenvalue weighted by Gasteiger charge is -2.40. The normalized spacial score (nSPS) is 29.3. The maximum absolute atomic E-state index is 9.43. The van der Waals surface area contributed by atoms with Gasteiger partial charge < -0.3 is 10.1 Å². The second-order valence-electron chi connectivity index (χ2n) is 7.37. The Labute approximate surface area is 147 Å². The number of nitrogens with one attached hydrogen (secondary N) is 1. The number of aromatic nitrogens is 1. The molecule has 0 unspecified atom stereocenters. The van der Waals surface area contributed by atoms with Crippen molar-refractivity contribution in [1.29, 1.82) is 0 Å². The molecule has 0 atom stereocenters. The lowest BCUT2D eigenvalue weighted by Crippen LogP contribution is -2.52. The molecule has 1 aromatic heterocycles. The number of β-amino-alcohol motifs (C(OH)–C–C–N with tert-alkyl or cyclic N) is 1. The number of aromatic amines is 1. The van der Waals surface area contributed by atoms with E-state index in [0.717, 1.165) is 55.3 Å². The number of nitrogens with two attached hydrogens (primary N) is 1. The fraction of sp³-hybridized carbons (Fsp3) is 0.556. The molecule has 0 amide bonds. The van der Waals surface area contributed by atoms with Gasteiger partial charge in [-0.2, -0.15) is 0 Å². The molecule has 0 radical (unpaired) electrons. The molecule has 4 rings (SSSR count). The van der Waals surface area contributed by atoms with Gasteiger partial charge in [-0.25, -0.2) is 10.8 Å². The average Bonchev–Trinajstić information content (AvgIpc) is 3.06. The van der Waals surface area contributed by atoms with Gasteiger partial charge in [-0.1, -0.05) is 0 Å². The van der Waals surface area contributed by atoms with Crippen molar-refractivity contribution < 1.29 is 5.11 Å². The fourth-order valence-electron chi connectivity index (χ4n) is 4.32. The van der Waals surface area contributed by atoms with Crippen molar-refractivity contribution in [2.24, 2.45) is 27.7 Å². The molecule has 0 spiro atoms. The number of likely N-dealkylation sites (tertiary alicyclic amines) is 1. The Kier molecular flexibility index (Phi) is 4.45. The molecule has 134 valence electrons. The van der Waals surface area contributed by atoms with Crippen LogP contribution in [0.2, 0.25) is 0 Å². The minimum Gasteiger partial charge on any atom is -0.390 e. The number of aliphatic hydroxyl groups is 1. The van der Waals surface area contributed by atoms with Crippen LogP contribution in [-0.4, -0.2) is 58.8 Å². The quantitative estimate of drug-likeness (QED) is 0.574. The molecular weight excluding hydrogens is 316 g/mol. The van der Waals surface area contributed by atoms with E-state index in [0.29, 0.717) is 11.8 Å². The van der Waals surface area contributed by atoms with Crippen LogP contribution in [0.3, 0.4) is 0 Å².